The lowest BCUT2D eigenvalue weighted by molar-refractivity contribution is -0.145. The Morgan fingerprint density at radius 3 is 2.79 bits per heavy atom. The molecule has 1 heterocycles. The van der Waals surface area contributed by atoms with Gasteiger partial charge in [0, 0.05) is 11.1 Å². The number of carbonyl (C=O) groups is 1. The summed E-state index contributed by atoms with van der Waals surface area (Å²) in [6.07, 6.45) is 1.91. The van der Waals surface area contributed by atoms with Crippen molar-refractivity contribution in [2.75, 3.05) is 0 Å². The van der Waals surface area contributed by atoms with Gasteiger partial charge < -0.3 is 5.11 Å². The molecule has 0 spiro atoms. The summed E-state index contributed by atoms with van der Waals surface area (Å²) in [6.45, 7) is 7.26. The Kier molecular flexibility index (Phi) is 3.38. The second-order valence-corrected chi connectivity index (χ2v) is 5.04. The zero-order chi connectivity index (χ0) is 14.0. The van der Waals surface area contributed by atoms with Crippen LogP contribution in [-0.4, -0.2) is 16.1 Å². The molecular formula is C16H17NO2. The van der Waals surface area contributed by atoms with Gasteiger partial charge in [0.25, 0.3) is 0 Å². The molecule has 1 unspecified atom stereocenters. The minimum Gasteiger partial charge on any atom is -0.481 e. The third kappa shape index (κ3) is 2.50. The number of fused-ring (bicyclic) bond motifs is 1. The van der Waals surface area contributed by atoms with E-state index >= 15 is 0 Å². The summed E-state index contributed by atoms with van der Waals surface area (Å²) in [6, 6.07) is 9.74. The maximum absolute atomic E-state index is 11.4. The largest absolute Gasteiger partial charge is 0.481 e. The van der Waals surface area contributed by atoms with Crippen LogP contribution in [0.15, 0.2) is 43.0 Å². The summed E-state index contributed by atoms with van der Waals surface area (Å²) in [7, 11) is 0. The monoisotopic (exact) mass is 255 g/mol. The molecule has 98 valence electrons. The first-order valence-corrected chi connectivity index (χ1v) is 6.18. The highest BCUT2D eigenvalue weighted by atomic mass is 16.4. The minimum absolute atomic E-state index is 0.412. The fourth-order valence-corrected chi connectivity index (χ4v) is 2.17. The number of pyridine rings is 1. The van der Waals surface area contributed by atoms with Crippen molar-refractivity contribution in [3.63, 3.8) is 0 Å². The Labute approximate surface area is 112 Å². The Bertz CT molecular complexity index is 648. The van der Waals surface area contributed by atoms with Crippen molar-refractivity contribution in [3.8, 4) is 0 Å². The molecule has 1 N–H and O–H groups in total. The topological polar surface area (TPSA) is 50.2 Å². The van der Waals surface area contributed by atoms with Crippen LogP contribution in [0.5, 0.6) is 0 Å². The van der Waals surface area contributed by atoms with Gasteiger partial charge in [-0.15, -0.1) is 6.58 Å². The van der Waals surface area contributed by atoms with Crippen molar-refractivity contribution < 1.29 is 9.90 Å². The van der Waals surface area contributed by atoms with Gasteiger partial charge in [-0.2, -0.15) is 0 Å². The first-order valence-electron chi connectivity index (χ1n) is 6.18. The van der Waals surface area contributed by atoms with Crippen LogP contribution in [0.1, 0.15) is 18.2 Å². The lowest BCUT2D eigenvalue weighted by Crippen LogP contribution is -2.27. The lowest BCUT2D eigenvalue weighted by atomic mass is 9.83. The highest BCUT2D eigenvalue weighted by Gasteiger charge is 2.30. The molecule has 2 rings (SSSR count). The molecule has 0 saturated heterocycles. The van der Waals surface area contributed by atoms with Gasteiger partial charge in [-0.25, -0.2) is 0 Å². The average molecular weight is 255 g/mol. The fourth-order valence-electron chi connectivity index (χ4n) is 2.17. The smallest absolute Gasteiger partial charge is 0.313 e. The number of carboxylic acid groups (broad SMARTS) is 1. The van der Waals surface area contributed by atoms with Crippen LogP contribution >= 0.6 is 0 Å². The predicted octanol–water partition coefficient (Wildman–Crippen LogP) is 3.36. The first-order chi connectivity index (χ1) is 8.96. The van der Waals surface area contributed by atoms with Crippen LogP contribution in [0.4, 0.5) is 0 Å². The van der Waals surface area contributed by atoms with Gasteiger partial charge in [-0.05, 0) is 38.0 Å². The summed E-state index contributed by atoms with van der Waals surface area (Å²) in [5, 5.41) is 10.4. The van der Waals surface area contributed by atoms with Gasteiger partial charge in [0.1, 0.15) is 0 Å². The number of carboxylic acids is 1. The lowest BCUT2D eigenvalue weighted by Gasteiger charge is -2.21. The Hall–Kier alpha value is -2.16. The number of hydrogen-bond acceptors (Lipinski definition) is 2. The van der Waals surface area contributed by atoms with Gasteiger partial charge in [-0.1, -0.05) is 24.3 Å². The number of benzene rings is 1. The molecule has 0 aliphatic rings. The van der Waals surface area contributed by atoms with Gasteiger partial charge >= 0.3 is 5.97 Å². The number of aromatic nitrogens is 1. The van der Waals surface area contributed by atoms with Crippen LogP contribution in [0.3, 0.4) is 0 Å². The van der Waals surface area contributed by atoms with E-state index in [0.29, 0.717) is 6.42 Å². The molecule has 3 heteroatoms. The molecule has 0 amide bonds. The fraction of sp³-hybridized carbons (Fsp3) is 0.250. The van der Waals surface area contributed by atoms with E-state index in [4.69, 9.17) is 0 Å². The Morgan fingerprint density at radius 1 is 1.47 bits per heavy atom. The van der Waals surface area contributed by atoms with Gasteiger partial charge in [0.05, 0.1) is 10.9 Å². The summed E-state index contributed by atoms with van der Waals surface area (Å²) in [5.74, 6) is -0.860. The number of nitrogens with zero attached hydrogens (tertiary/aromatic N) is 1. The molecule has 0 aliphatic heterocycles. The molecule has 3 nitrogen and oxygen atoms in total. The minimum atomic E-state index is -0.962. The summed E-state index contributed by atoms with van der Waals surface area (Å²) in [4.78, 5) is 15.9. The molecule has 1 atom stereocenters. The average Bonchev–Trinajstić information content (AvgIpc) is 2.38. The SMILES string of the molecule is C=CC(C)(Cc1cc(C)nc2ccccc12)C(=O)O. The zero-order valence-electron chi connectivity index (χ0n) is 11.2. The molecule has 19 heavy (non-hydrogen) atoms. The Balaban J connectivity index is 2.56. The van der Waals surface area contributed by atoms with E-state index in [2.05, 4.69) is 11.6 Å². The molecule has 0 aliphatic carbocycles. The summed E-state index contributed by atoms with van der Waals surface area (Å²) in [5.41, 5.74) is 1.82. The molecule has 2 aromatic rings. The van der Waals surface area contributed by atoms with E-state index in [9.17, 15) is 9.90 Å². The molecule has 0 fully saturated rings. The number of para-hydroxylation sites is 1. The number of rotatable bonds is 4. The molecule has 1 aromatic carbocycles. The number of aryl methyl sites for hydroxylation is 1. The summed E-state index contributed by atoms with van der Waals surface area (Å²) < 4.78 is 0. The second-order valence-electron chi connectivity index (χ2n) is 5.04. The quantitative estimate of drug-likeness (QED) is 0.852. The molecule has 0 radical (unpaired) electrons. The zero-order valence-corrected chi connectivity index (χ0v) is 11.2. The normalized spacial score (nSPS) is 14.0. The second kappa shape index (κ2) is 4.84. The third-order valence-corrected chi connectivity index (χ3v) is 3.43. The van der Waals surface area contributed by atoms with E-state index < -0.39 is 11.4 Å². The van der Waals surface area contributed by atoms with Crippen molar-refractivity contribution in [2.24, 2.45) is 5.41 Å². The van der Waals surface area contributed by atoms with E-state index in [1.165, 1.54) is 6.08 Å². The standard InChI is InChI=1S/C16H17NO2/c1-4-16(3,15(18)19)10-12-9-11(2)17-14-8-6-5-7-13(12)14/h4-9H,1,10H2,2-3H3,(H,18,19). The van der Waals surface area contributed by atoms with E-state index in [0.717, 1.165) is 22.2 Å². The van der Waals surface area contributed by atoms with Crippen LogP contribution in [0, 0.1) is 12.3 Å². The van der Waals surface area contributed by atoms with Crippen molar-refractivity contribution in [3.05, 3.63) is 54.2 Å². The van der Waals surface area contributed by atoms with Crippen LogP contribution in [0.2, 0.25) is 0 Å². The molecule has 1 aromatic heterocycles. The third-order valence-electron chi connectivity index (χ3n) is 3.43. The van der Waals surface area contributed by atoms with Crippen LogP contribution in [0.25, 0.3) is 10.9 Å². The van der Waals surface area contributed by atoms with E-state index in [1.807, 2.05) is 37.3 Å². The van der Waals surface area contributed by atoms with Crippen molar-refractivity contribution in [1.82, 2.24) is 4.98 Å². The number of aliphatic carboxylic acids is 1. The predicted molar refractivity (Wildman–Crippen MR) is 76.1 cm³/mol. The Morgan fingerprint density at radius 2 is 2.16 bits per heavy atom. The summed E-state index contributed by atoms with van der Waals surface area (Å²) >= 11 is 0. The highest BCUT2D eigenvalue weighted by molar-refractivity contribution is 5.84. The van der Waals surface area contributed by atoms with Gasteiger partial charge in [0.2, 0.25) is 0 Å². The number of hydrogen-bond donors (Lipinski definition) is 1. The van der Waals surface area contributed by atoms with Crippen molar-refractivity contribution >= 4 is 16.9 Å². The van der Waals surface area contributed by atoms with E-state index in [1.54, 1.807) is 6.92 Å². The molecule has 0 saturated carbocycles. The first kappa shape index (κ1) is 13.3. The van der Waals surface area contributed by atoms with Gasteiger partial charge in [0.15, 0.2) is 0 Å². The maximum Gasteiger partial charge on any atom is 0.313 e. The highest BCUT2D eigenvalue weighted by Crippen LogP contribution is 2.28. The van der Waals surface area contributed by atoms with Gasteiger partial charge in [-0.3, -0.25) is 9.78 Å². The van der Waals surface area contributed by atoms with Crippen LogP contribution < -0.4 is 0 Å². The maximum atomic E-state index is 11.4. The van der Waals surface area contributed by atoms with Crippen LogP contribution in [-0.2, 0) is 11.2 Å². The van der Waals surface area contributed by atoms with Crippen molar-refractivity contribution in [1.29, 1.82) is 0 Å². The van der Waals surface area contributed by atoms with Crippen molar-refractivity contribution in [2.45, 2.75) is 20.3 Å². The molecule has 0 bridgehead atoms. The molecular weight excluding hydrogens is 238 g/mol. The van der Waals surface area contributed by atoms with E-state index in [-0.39, 0.29) is 0 Å².